The quantitative estimate of drug-likeness (QED) is 0.730. The van der Waals surface area contributed by atoms with Gasteiger partial charge in [0.05, 0.1) is 12.8 Å². The Kier molecular flexibility index (Phi) is 6.20. The molecule has 1 fully saturated rings. The Hall–Kier alpha value is -3.68. The number of aliphatic imine (C=N–C) groups is 1. The highest BCUT2D eigenvalue weighted by molar-refractivity contribution is 6.39. The lowest BCUT2D eigenvalue weighted by atomic mass is 9.89. The van der Waals surface area contributed by atoms with Crippen LogP contribution in [0.25, 0.3) is 0 Å². The molecule has 0 spiro atoms. The fraction of sp³-hybridized carbons (Fsp3) is 0.333. The molecule has 0 bridgehead atoms. The number of hydrogen-bond donors (Lipinski definition) is 1. The van der Waals surface area contributed by atoms with Gasteiger partial charge in [-0.1, -0.05) is 18.2 Å². The summed E-state index contributed by atoms with van der Waals surface area (Å²) in [6, 6.07) is 15.5. The number of piperidine rings is 1. The smallest absolute Gasteiger partial charge is 0.290 e. The summed E-state index contributed by atoms with van der Waals surface area (Å²) in [5.74, 6) is 0.315. The molecule has 4 rings (SSSR count). The molecule has 2 aromatic rings. The fourth-order valence-corrected chi connectivity index (χ4v) is 3.98. The number of methoxy groups -OCH3 is 1. The molecule has 0 radical (unpaired) electrons. The van der Waals surface area contributed by atoms with Crippen molar-refractivity contribution in [2.75, 3.05) is 25.2 Å². The maximum atomic E-state index is 13.1. The molecule has 166 valence electrons. The molecule has 32 heavy (non-hydrogen) atoms. The van der Waals surface area contributed by atoms with Gasteiger partial charge < -0.3 is 9.64 Å². The number of rotatable bonds is 5. The van der Waals surface area contributed by atoms with Crippen LogP contribution in [0.4, 0.5) is 5.69 Å². The monoisotopic (exact) mass is 434 g/mol. The van der Waals surface area contributed by atoms with E-state index < -0.39 is 6.04 Å². The fourth-order valence-electron chi connectivity index (χ4n) is 3.98. The second-order valence-electron chi connectivity index (χ2n) is 7.93. The average Bonchev–Trinajstić information content (AvgIpc) is 2.85. The Morgan fingerprint density at radius 1 is 1.03 bits per heavy atom. The summed E-state index contributed by atoms with van der Waals surface area (Å²) in [5, 5.41) is 1.37. The van der Waals surface area contributed by atoms with E-state index >= 15 is 0 Å². The number of hydrazine groups is 1. The first-order chi connectivity index (χ1) is 15.5. The van der Waals surface area contributed by atoms with Crippen LogP contribution in [0.2, 0.25) is 0 Å². The van der Waals surface area contributed by atoms with Crippen LogP contribution in [0.1, 0.15) is 30.1 Å². The number of anilines is 1. The minimum Gasteiger partial charge on any atom is -0.497 e. The van der Waals surface area contributed by atoms with Gasteiger partial charge in [0.1, 0.15) is 11.8 Å². The van der Waals surface area contributed by atoms with Crippen molar-refractivity contribution in [2.45, 2.75) is 25.8 Å². The Morgan fingerprint density at radius 2 is 1.69 bits per heavy atom. The SMILES string of the molecule is COc1ccc(C(=O)C2CCN(C(=O)C3=NC(C)C(=O)N(c4ccccc4)N3)CC2)cc1. The van der Waals surface area contributed by atoms with Crippen LogP contribution >= 0.6 is 0 Å². The molecule has 2 aliphatic heterocycles. The molecule has 8 nitrogen and oxygen atoms in total. The Labute approximate surface area is 186 Å². The number of amidine groups is 1. The third-order valence-corrected chi connectivity index (χ3v) is 5.86. The Morgan fingerprint density at radius 3 is 2.31 bits per heavy atom. The van der Waals surface area contributed by atoms with Crippen molar-refractivity contribution in [1.29, 1.82) is 0 Å². The third-order valence-electron chi connectivity index (χ3n) is 5.86. The molecule has 1 unspecified atom stereocenters. The number of hydrogen-bond acceptors (Lipinski definition) is 6. The van der Waals surface area contributed by atoms with Crippen molar-refractivity contribution in [2.24, 2.45) is 10.9 Å². The summed E-state index contributed by atoms with van der Waals surface area (Å²) in [6.07, 6.45) is 1.17. The number of carbonyl (C=O) groups excluding carboxylic acids is 3. The van der Waals surface area contributed by atoms with E-state index in [0.29, 0.717) is 42.9 Å². The molecule has 0 aromatic heterocycles. The number of Topliss-reactive ketones (excluding diaryl/α,β-unsaturated/α-hetero) is 1. The van der Waals surface area contributed by atoms with Crippen molar-refractivity contribution in [1.82, 2.24) is 10.3 Å². The van der Waals surface area contributed by atoms with Gasteiger partial charge in [-0.15, -0.1) is 0 Å². The van der Waals surface area contributed by atoms with Gasteiger partial charge in [0.2, 0.25) is 5.84 Å². The first-order valence-electron chi connectivity index (χ1n) is 10.7. The standard InChI is InChI=1S/C24H26N4O4/c1-16-23(30)28(19-6-4-3-5-7-19)26-22(25-16)24(31)27-14-12-18(13-15-27)21(29)17-8-10-20(32-2)11-9-17/h3-11,16,18H,12-15H2,1-2H3,(H,25,26). The van der Waals surface area contributed by atoms with Crippen molar-refractivity contribution in [3.63, 3.8) is 0 Å². The molecule has 0 saturated carbocycles. The number of carbonyl (C=O) groups is 3. The minimum atomic E-state index is -0.662. The number of benzene rings is 2. The number of ether oxygens (including phenoxy) is 1. The van der Waals surface area contributed by atoms with Crippen LogP contribution in [0.5, 0.6) is 5.75 Å². The lowest BCUT2D eigenvalue weighted by Crippen LogP contribution is -2.59. The van der Waals surface area contributed by atoms with Gasteiger partial charge in [-0.25, -0.2) is 10.0 Å². The molecule has 8 heteroatoms. The zero-order valence-corrected chi connectivity index (χ0v) is 18.2. The van der Waals surface area contributed by atoms with Crippen LogP contribution in [-0.2, 0) is 9.59 Å². The summed E-state index contributed by atoms with van der Waals surface area (Å²) in [5.41, 5.74) is 4.18. The number of nitrogens with one attached hydrogen (secondary N) is 1. The number of para-hydroxylation sites is 1. The predicted molar refractivity (Wildman–Crippen MR) is 121 cm³/mol. The van der Waals surface area contributed by atoms with E-state index in [1.54, 1.807) is 55.3 Å². The number of amides is 2. The van der Waals surface area contributed by atoms with Crippen LogP contribution < -0.4 is 15.2 Å². The third kappa shape index (κ3) is 4.34. The van der Waals surface area contributed by atoms with E-state index in [-0.39, 0.29) is 29.4 Å². The number of likely N-dealkylation sites (tertiary alicyclic amines) is 1. The highest BCUT2D eigenvalue weighted by Crippen LogP contribution is 2.24. The van der Waals surface area contributed by atoms with Crippen molar-refractivity contribution in [3.05, 3.63) is 60.2 Å². The summed E-state index contributed by atoms with van der Waals surface area (Å²) in [7, 11) is 1.59. The largest absolute Gasteiger partial charge is 0.497 e. The Balaban J connectivity index is 1.40. The molecule has 2 amide bonds. The van der Waals surface area contributed by atoms with Gasteiger partial charge >= 0.3 is 0 Å². The second kappa shape index (κ2) is 9.21. The zero-order valence-electron chi connectivity index (χ0n) is 18.2. The molecule has 1 saturated heterocycles. The maximum Gasteiger partial charge on any atom is 0.290 e. The molecular weight excluding hydrogens is 408 g/mol. The van der Waals surface area contributed by atoms with Gasteiger partial charge in [0.15, 0.2) is 5.78 Å². The van der Waals surface area contributed by atoms with E-state index in [0.717, 1.165) is 0 Å². The summed E-state index contributed by atoms with van der Waals surface area (Å²) in [4.78, 5) is 44.4. The van der Waals surface area contributed by atoms with Crippen LogP contribution in [0, 0.1) is 5.92 Å². The maximum absolute atomic E-state index is 13.1. The van der Waals surface area contributed by atoms with Gasteiger partial charge in [-0.2, -0.15) is 0 Å². The lowest BCUT2D eigenvalue weighted by Gasteiger charge is -2.35. The molecule has 1 atom stereocenters. The molecule has 0 aliphatic carbocycles. The van der Waals surface area contributed by atoms with Crippen LogP contribution in [0.15, 0.2) is 59.6 Å². The van der Waals surface area contributed by atoms with Crippen molar-refractivity contribution in [3.8, 4) is 5.75 Å². The van der Waals surface area contributed by atoms with E-state index in [1.165, 1.54) is 5.01 Å². The highest BCUT2D eigenvalue weighted by Gasteiger charge is 2.35. The summed E-state index contributed by atoms with van der Waals surface area (Å²) >= 11 is 0. The molecule has 2 aliphatic rings. The summed E-state index contributed by atoms with van der Waals surface area (Å²) in [6.45, 7) is 2.59. The first-order valence-corrected chi connectivity index (χ1v) is 10.7. The van der Waals surface area contributed by atoms with Crippen LogP contribution in [0.3, 0.4) is 0 Å². The average molecular weight is 434 g/mol. The van der Waals surface area contributed by atoms with Gasteiger partial charge in [0, 0.05) is 24.6 Å². The second-order valence-corrected chi connectivity index (χ2v) is 7.93. The lowest BCUT2D eigenvalue weighted by molar-refractivity contribution is -0.125. The van der Waals surface area contributed by atoms with Crippen molar-refractivity contribution < 1.29 is 19.1 Å². The molecule has 2 heterocycles. The first kappa shape index (κ1) is 21.5. The predicted octanol–water partition coefficient (Wildman–Crippen LogP) is 2.45. The molecule has 1 N–H and O–H groups in total. The molecular formula is C24H26N4O4. The van der Waals surface area contributed by atoms with Gasteiger partial charge in [-0.3, -0.25) is 19.8 Å². The zero-order chi connectivity index (χ0) is 22.7. The number of nitrogens with zero attached hydrogens (tertiary/aromatic N) is 3. The van der Waals surface area contributed by atoms with E-state index in [2.05, 4.69) is 10.4 Å². The topological polar surface area (TPSA) is 91.3 Å². The summed E-state index contributed by atoms with van der Waals surface area (Å²) < 4.78 is 5.15. The van der Waals surface area contributed by atoms with E-state index in [1.807, 2.05) is 18.2 Å². The van der Waals surface area contributed by atoms with Gasteiger partial charge in [-0.05, 0) is 56.2 Å². The highest BCUT2D eigenvalue weighted by atomic mass is 16.5. The minimum absolute atomic E-state index is 0.0855. The van der Waals surface area contributed by atoms with Crippen molar-refractivity contribution >= 4 is 29.1 Å². The molecule has 2 aromatic carbocycles. The van der Waals surface area contributed by atoms with E-state index in [9.17, 15) is 14.4 Å². The van der Waals surface area contributed by atoms with E-state index in [4.69, 9.17) is 4.74 Å². The Bertz CT molecular complexity index is 1030. The van der Waals surface area contributed by atoms with Crippen LogP contribution in [-0.4, -0.2) is 54.6 Å². The number of ketones is 1. The van der Waals surface area contributed by atoms with Gasteiger partial charge in [0.25, 0.3) is 11.8 Å². The normalized spacial score (nSPS) is 19.2.